The number of carbonyl (C=O) groups is 1. The number of hydrogen-bond donors (Lipinski definition) is 2. The topological polar surface area (TPSA) is 63.1 Å². The van der Waals surface area contributed by atoms with Crippen molar-refractivity contribution in [2.45, 2.75) is 13.5 Å². The van der Waals surface area contributed by atoms with Gasteiger partial charge in [-0.3, -0.25) is 4.79 Å². The predicted molar refractivity (Wildman–Crippen MR) is 76.6 cm³/mol. The maximum absolute atomic E-state index is 11.7. The first kappa shape index (κ1) is 13.4. The molecule has 0 aliphatic rings. The largest absolute Gasteiger partial charge is 0.333 e. The summed E-state index contributed by atoms with van der Waals surface area (Å²) in [7, 11) is 1.64. The summed E-state index contributed by atoms with van der Waals surface area (Å²) in [6.07, 6.45) is 1.64. The van der Waals surface area contributed by atoms with Gasteiger partial charge in [-0.25, -0.2) is 4.79 Å². The molecule has 2 heterocycles. The van der Waals surface area contributed by atoms with Crippen molar-refractivity contribution in [2.24, 2.45) is 7.05 Å². The Morgan fingerprint density at radius 1 is 1.37 bits per heavy atom. The van der Waals surface area contributed by atoms with E-state index in [-0.39, 0.29) is 17.3 Å². The molecule has 2 amide bonds. The van der Waals surface area contributed by atoms with Crippen LogP contribution < -0.4 is 16.2 Å². The Balaban J connectivity index is 1.94. The minimum absolute atomic E-state index is 0.232. The Labute approximate surface area is 114 Å². The SMILES string of the molecule is Cc1ccc(CNC(=O)Nc2cccn(C)c2=O)s1. The van der Waals surface area contributed by atoms with E-state index >= 15 is 0 Å². The third kappa shape index (κ3) is 3.45. The highest BCUT2D eigenvalue weighted by atomic mass is 32.1. The van der Waals surface area contributed by atoms with Crippen molar-refractivity contribution in [3.8, 4) is 0 Å². The molecule has 0 spiro atoms. The van der Waals surface area contributed by atoms with Crippen LogP contribution in [0.15, 0.2) is 35.3 Å². The van der Waals surface area contributed by atoms with Crippen molar-refractivity contribution in [1.82, 2.24) is 9.88 Å². The standard InChI is InChI=1S/C13H15N3O2S/c1-9-5-6-10(19-9)8-14-13(18)15-11-4-3-7-16(2)12(11)17/h3-7H,8H2,1-2H3,(H2,14,15,18). The summed E-state index contributed by atoms with van der Waals surface area (Å²) in [4.78, 5) is 25.7. The first-order valence-corrected chi connectivity index (χ1v) is 6.64. The van der Waals surface area contributed by atoms with E-state index in [1.807, 2.05) is 19.1 Å². The first-order valence-electron chi connectivity index (χ1n) is 5.82. The van der Waals surface area contributed by atoms with Crippen LogP contribution in [0.4, 0.5) is 10.5 Å². The Morgan fingerprint density at radius 2 is 2.16 bits per heavy atom. The zero-order valence-electron chi connectivity index (χ0n) is 10.8. The molecule has 0 unspecified atom stereocenters. The third-order valence-electron chi connectivity index (χ3n) is 2.59. The average molecular weight is 277 g/mol. The number of rotatable bonds is 3. The summed E-state index contributed by atoms with van der Waals surface area (Å²) in [6.45, 7) is 2.47. The van der Waals surface area contributed by atoms with Crippen molar-refractivity contribution in [2.75, 3.05) is 5.32 Å². The molecule has 2 N–H and O–H groups in total. The monoisotopic (exact) mass is 277 g/mol. The lowest BCUT2D eigenvalue weighted by molar-refractivity contribution is 0.252. The summed E-state index contributed by atoms with van der Waals surface area (Å²) >= 11 is 1.63. The molecule has 2 rings (SSSR count). The Hall–Kier alpha value is -2.08. The lowest BCUT2D eigenvalue weighted by atomic mass is 10.4. The molecular weight excluding hydrogens is 262 g/mol. The molecule has 2 aromatic heterocycles. The predicted octanol–water partition coefficient (Wildman–Crippen LogP) is 2.08. The van der Waals surface area contributed by atoms with Crippen molar-refractivity contribution >= 4 is 23.1 Å². The second kappa shape index (κ2) is 5.71. The van der Waals surface area contributed by atoms with E-state index in [1.54, 1.807) is 36.7 Å². The highest BCUT2D eigenvalue weighted by molar-refractivity contribution is 7.11. The maximum atomic E-state index is 11.7. The second-order valence-corrected chi connectivity index (χ2v) is 5.53. The van der Waals surface area contributed by atoms with Gasteiger partial charge in [-0.2, -0.15) is 0 Å². The molecule has 0 atom stereocenters. The van der Waals surface area contributed by atoms with Crippen molar-refractivity contribution in [3.63, 3.8) is 0 Å². The number of thiophene rings is 1. The number of carbonyl (C=O) groups excluding carboxylic acids is 1. The molecule has 0 fully saturated rings. The van der Waals surface area contributed by atoms with Gasteiger partial charge in [0.1, 0.15) is 5.69 Å². The van der Waals surface area contributed by atoms with Crippen molar-refractivity contribution in [3.05, 3.63) is 50.6 Å². The molecule has 0 bridgehead atoms. The van der Waals surface area contributed by atoms with E-state index in [1.165, 1.54) is 9.44 Å². The van der Waals surface area contributed by atoms with E-state index in [4.69, 9.17) is 0 Å². The van der Waals surface area contributed by atoms with Gasteiger partial charge in [-0.15, -0.1) is 11.3 Å². The summed E-state index contributed by atoms with van der Waals surface area (Å²) < 4.78 is 1.41. The maximum Gasteiger partial charge on any atom is 0.319 e. The Bertz CT molecular complexity index is 645. The van der Waals surface area contributed by atoms with Crippen LogP contribution in [0.3, 0.4) is 0 Å². The van der Waals surface area contributed by atoms with Crippen LogP contribution in [0, 0.1) is 6.92 Å². The molecule has 6 heteroatoms. The second-order valence-electron chi connectivity index (χ2n) is 4.16. The van der Waals surface area contributed by atoms with Crippen molar-refractivity contribution in [1.29, 1.82) is 0 Å². The Morgan fingerprint density at radius 3 is 2.84 bits per heavy atom. The number of urea groups is 1. The van der Waals surface area contributed by atoms with Gasteiger partial charge in [0.2, 0.25) is 0 Å². The van der Waals surface area contributed by atoms with E-state index < -0.39 is 0 Å². The number of aryl methyl sites for hydroxylation is 2. The van der Waals surface area contributed by atoms with E-state index in [2.05, 4.69) is 10.6 Å². The van der Waals surface area contributed by atoms with Crippen LogP contribution >= 0.6 is 11.3 Å². The molecular formula is C13H15N3O2S. The number of pyridine rings is 1. The van der Waals surface area contributed by atoms with Gasteiger partial charge >= 0.3 is 6.03 Å². The zero-order chi connectivity index (χ0) is 13.8. The number of nitrogens with one attached hydrogen (secondary N) is 2. The van der Waals surface area contributed by atoms with Gasteiger partial charge in [-0.1, -0.05) is 0 Å². The van der Waals surface area contributed by atoms with E-state index in [0.717, 1.165) is 4.88 Å². The fourth-order valence-corrected chi connectivity index (χ4v) is 2.44. The molecule has 19 heavy (non-hydrogen) atoms. The lowest BCUT2D eigenvalue weighted by Crippen LogP contribution is -2.31. The number of aromatic nitrogens is 1. The summed E-state index contributed by atoms with van der Waals surface area (Å²) in [5, 5.41) is 5.27. The molecule has 0 aliphatic heterocycles. The Kier molecular flexibility index (Phi) is 4.01. The molecule has 0 saturated carbocycles. The summed E-state index contributed by atoms with van der Waals surface area (Å²) in [6, 6.07) is 6.89. The number of hydrogen-bond acceptors (Lipinski definition) is 3. The fourth-order valence-electron chi connectivity index (χ4n) is 1.61. The molecule has 0 radical (unpaired) electrons. The number of amides is 2. The quantitative estimate of drug-likeness (QED) is 0.902. The van der Waals surface area contributed by atoms with Crippen LogP contribution in [0.1, 0.15) is 9.75 Å². The molecule has 100 valence electrons. The highest BCUT2D eigenvalue weighted by Gasteiger charge is 2.06. The van der Waals surface area contributed by atoms with Gasteiger partial charge < -0.3 is 15.2 Å². The minimum atomic E-state index is -0.380. The summed E-state index contributed by atoms with van der Waals surface area (Å²) in [5.74, 6) is 0. The third-order valence-corrected chi connectivity index (χ3v) is 3.59. The fraction of sp³-hybridized carbons (Fsp3) is 0.231. The zero-order valence-corrected chi connectivity index (χ0v) is 11.6. The molecule has 0 saturated heterocycles. The normalized spacial score (nSPS) is 10.2. The van der Waals surface area contributed by atoms with Crippen LogP contribution in [0.2, 0.25) is 0 Å². The lowest BCUT2D eigenvalue weighted by Gasteiger charge is -2.07. The molecule has 0 aromatic carbocycles. The van der Waals surface area contributed by atoms with Gasteiger partial charge in [0.05, 0.1) is 6.54 Å². The van der Waals surface area contributed by atoms with E-state index in [0.29, 0.717) is 6.54 Å². The van der Waals surface area contributed by atoms with Crippen LogP contribution in [-0.2, 0) is 13.6 Å². The van der Waals surface area contributed by atoms with Crippen LogP contribution in [-0.4, -0.2) is 10.6 Å². The highest BCUT2D eigenvalue weighted by Crippen LogP contribution is 2.14. The first-order chi connectivity index (χ1) is 9.06. The smallest absolute Gasteiger partial charge is 0.319 e. The molecule has 5 nitrogen and oxygen atoms in total. The van der Waals surface area contributed by atoms with E-state index in [9.17, 15) is 9.59 Å². The molecule has 2 aromatic rings. The van der Waals surface area contributed by atoms with Gasteiger partial charge in [0.25, 0.3) is 5.56 Å². The van der Waals surface area contributed by atoms with Crippen LogP contribution in [0.25, 0.3) is 0 Å². The average Bonchev–Trinajstić information content (AvgIpc) is 2.78. The van der Waals surface area contributed by atoms with Crippen molar-refractivity contribution < 1.29 is 4.79 Å². The van der Waals surface area contributed by atoms with Gasteiger partial charge in [-0.05, 0) is 31.2 Å². The molecule has 0 aliphatic carbocycles. The minimum Gasteiger partial charge on any atom is -0.333 e. The van der Waals surface area contributed by atoms with Gasteiger partial charge in [0.15, 0.2) is 0 Å². The number of anilines is 1. The summed E-state index contributed by atoms with van der Waals surface area (Å²) in [5.41, 5.74) is 0.0366. The van der Waals surface area contributed by atoms with Gasteiger partial charge in [0, 0.05) is 23.0 Å². The number of nitrogens with zero attached hydrogens (tertiary/aromatic N) is 1. The van der Waals surface area contributed by atoms with Crippen LogP contribution in [0.5, 0.6) is 0 Å².